The van der Waals surface area contributed by atoms with Crippen molar-refractivity contribution in [1.29, 1.82) is 0 Å². The maximum Gasteiger partial charge on any atom is 0.215 e. The Hall–Kier alpha value is -2.62. The first-order chi connectivity index (χ1) is 8.84. The first-order valence-electron chi connectivity index (χ1n) is 5.72. The Labute approximate surface area is 103 Å². The molecule has 86 valence electrons. The van der Waals surface area contributed by atoms with Crippen LogP contribution in [0.4, 0.5) is 0 Å². The Bertz CT molecular complexity index is 752. The van der Waals surface area contributed by atoms with E-state index in [2.05, 4.69) is 5.10 Å². The maximum absolute atomic E-state index is 12.1. The molecule has 0 radical (unpaired) electrons. The quantitative estimate of drug-likeness (QED) is 0.507. The first-order valence-corrected chi connectivity index (χ1v) is 5.72. The van der Waals surface area contributed by atoms with E-state index in [1.165, 1.54) is 0 Å². The fourth-order valence-corrected chi connectivity index (χ4v) is 2.30. The van der Waals surface area contributed by atoms with Crippen molar-refractivity contribution < 1.29 is 4.79 Å². The second-order valence-corrected chi connectivity index (χ2v) is 4.24. The molecule has 4 heteroatoms. The molecule has 2 aromatic heterocycles. The minimum atomic E-state index is 0.0391. The van der Waals surface area contributed by atoms with Gasteiger partial charge in [-0.05, 0) is 24.3 Å². The molecule has 18 heavy (non-hydrogen) atoms. The molecule has 0 N–H and O–H groups in total. The number of benzene rings is 1. The largest absolute Gasteiger partial charge is 0.296 e. The molecule has 0 amide bonds. The van der Waals surface area contributed by atoms with Crippen molar-refractivity contribution in [2.24, 2.45) is 0 Å². The normalized spacial score (nSPS) is 12.6. The summed E-state index contributed by atoms with van der Waals surface area (Å²) in [6, 6.07) is 13.5. The Morgan fingerprint density at radius 2 is 1.83 bits per heavy atom. The van der Waals surface area contributed by atoms with Crippen LogP contribution in [0.25, 0.3) is 11.5 Å². The second kappa shape index (κ2) is 3.20. The van der Waals surface area contributed by atoms with Gasteiger partial charge in [-0.2, -0.15) is 0 Å². The molecule has 0 atom stereocenters. The van der Waals surface area contributed by atoms with E-state index in [-0.39, 0.29) is 5.78 Å². The second-order valence-electron chi connectivity index (χ2n) is 4.24. The molecule has 0 aliphatic carbocycles. The number of ketones is 1. The first kappa shape index (κ1) is 9.41. The highest BCUT2D eigenvalue weighted by Crippen LogP contribution is 2.27. The number of aromatic nitrogens is 3. The third-order valence-corrected chi connectivity index (χ3v) is 3.17. The summed E-state index contributed by atoms with van der Waals surface area (Å²) in [5.41, 5.74) is 2.30. The molecule has 1 aliphatic heterocycles. The van der Waals surface area contributed by atoms with Crippen LogP contribution < -0.4 is 0 Å². The number of para-hydroxylation sites is 1. The SMILES string of the molecule is O=C1c2cn(-c3ccccc3)nc2-n2cccc21. The van der Waals surface area contributed by atoms with Gasteiger partial charge in [-0.1, -0.05) is 18.2 Å². The number of carbonyl (C=O) groups excluding carboxylic acids is 1. The number of rotatable bonds is 1. The summed E-state index contributed by atoms with van der Waals surface area (Å²) in [6.07, 6.45) is 3.65. The van der Waals surface area contributed by atoms with Gasteiger partial charge in [-0.3, -0.25) is 9.36 Å². The fourth-order valence-electron chi connectivity index (χ4n) is 2.30. The summed E-state index contributed by atoms with van der Waals surface area (Å²) in [6.45, 7) is 0. The van der Waals surface area contributed by atoms with E-state index in [1.807, 2.05) is 53.2 Å². The van der Waals surface area contributed by atoms with Crippen molar-refractivity contribution in [3.05, 3.63) is 66.1 Å². The highest BCUT2D eigenvalue weighted by Gasteiger charge is 2.29. The predicted octanol–water partition coefficient (Wildman–Crippen LogP) is 2.21. The molecular weight excluding hydrogens is 226 g/mol. The zero-order chi connectivity index (χ0) is 12.1. The molecule has 3 heterocycles. The number of hydrogen-bond acceptors (Lipinski definition) is 2. The summed E-state index contributed by atoms with van der Waals surface area (Å²) in [5, 5.41) is 4.48. The minimum absolute atomic E-state index is 0.0391. The summed E-state index contributed by atoms with van der Waals surface area (Å²) in [7, 11) is 0. The number of hydrogen-bond donors (Lipinski definition) is 0. The third-order valence-electron chi connectivity index (χ3n) is 3.17. The number of carbonyl (C=O) groups is 1. The van der Waals surface area contributed by atoms with E-state index < -0.39 is 0 Å². The van der Waals surface area contributed by atoms with Gasteiger partial charge in [0.1, 0.15) is 0 Å². The lowest BCUT2D eigenvalue weighted by molar-refractivity contribution is 0.104. The third kappa shape index (κ3) is 1.09. The average molecular weight is 235 g/mol. The van der Waals surface area contributed by atoms with Crippen molar-refractivity contribution in [2.75, 3.05) is 0 Å². The van der Waals surface area contributed by atoms with E-state index in [0.29, 0.717) is 17.1 Å². The van der Waals surface area contributed by atoms with E-state index in [9.17, 15) is 4.79 Å². The molecule has 0 spiro atoms. The molecule has 0 saturated carbocycles. The highest BCUT2D eigenvalue weighted by atomic mass is 16.1. The smallest absolute Gasteiger partial charge is 0.215 e. The molecule has 0 fully saturated rings. The summed E-state index contributed by atoms with van der Waals surface area (Å²) in [5.74, 6) is 0.751. The molecular formula is C14H9N3O. The summed E-state index contributed by atoms with van der Waals surface area (Å²) >= 11 is 0. The Morgan fingerprint density at radius 1 is 1.00 bits per heavy atom. The van der Waals surface area contributed by atoms with Crippen molar-refractivity contribution >= 4 is 5.78 Å². The van der Waals surface area contributed by atoms with E-state index >= 15 is 0 Å². The van der Waals surface area contributed by atoms with Gasteiger partial charge in [0.25, 0.3) is 0 Å². The average Bonchev–Trinajstić information content (AvgIpc) is 3.08. The standard InChI is InChI=1S/C14H9N3O/c18-13-11-9-17(10-5-2-1-3-6-10)15-14(11)16-8-4-7-12(13)16/h1-9H. The monoisotopic (exact) mass is 235 g/mol. The molecule has 4 nitrogen and oxygen atoms in total. The van der Waals surface area contributed by atoms with E-state index in [0.717, 1.165) is 5.69 Å². The summed E-state index contributed by atoms with van der Waals surface area (Å²) < 4.78 is 3.57. The van der Waals surface area contributed by atoms with Crippen LogP contribution in [-0.4, -0.2) is 20.1 Å². The Kier molecular flexibility index (Phi) is 1.67. The van der Waals surface area contributed by atoms with Gasteiger partial charge in [0.05, 0.1) is 16.9 Å². The van der Waals surface area contributed by atoms with Crippen molar-refractivity contribution in [2.45, 2.75) is 0 Å². The lowest BCUT2D eigenvalue weighted by Crippen LogP contribution is -2.00. The number of nitrogens with zero attached hydrogens (tertiary/aromatic N) is 3. The van der Waals surface area contributed by atoms with E-state index in [1.54, 1.807) is 10.9 Å². The molecule has 1 aliphatic rings. The van der Waals surface area contributed by atoms with Crippen molar-refractivity contribution in [3.63, 3.8) is 0 Å². The van der Waals surface area contributed by atoms with Crippen molar-refractivity contribution in [1.82, 2.24) is 14.3 Å². The van der Waals surface area contributed by atoms with Gasteiger partial charge in [0.15, 0.2) is 5.82 Å². The molecule has 0 unspecified atom stereocenters. The Balaban J connectivity index is 1.93. The Morgan fingerprint density at radius 3 is 2.67 bits per heavy atom. The van der Waals surface area contributed by atoms with Crippen LogP contribution in [0.5, 0.6) is 0 Å². The fraction of sp³-hybridized carbons (Fsp3) is 0. The van der Waals surface area contributed by atoms with Gasteiger partial charge < -0.3 is 0 Å². The zero-order valence-electron chi connectivity index (χ0n) is 9.45. The molecule has 0 saturated heterocycles. The van der Waals surface area contributed by atoms with Crippen LogP contribution >= 0.6 is 0 Å². The number of fused-ring (bicyclic) bond motifs is 3. The lowest BCUT2D eigenvalue weighted by Gasteiger charge is -2.01. The van der Waals surface area contributed by atoms with Gasteiger partial charge in [-0.15, -0.1) is 5.10 Å². The predicted molar refractivity (Wildman–Crippen MR) is 66.3 cm³/mol. The molecule has 3 aromatic rings. The maximum atomic E-state index is 12.1. The van der Waals surface area contributed by atoms with Gasteiger partial charge in [0.2, 0.25) is 5.78 Å². The van der Waals surface area contributed by atoms with Crippen LogP contribution in [0.3, 0.4) is 0 Å². The van der Waals surface area contributed by atoms with Crippen LogP contribution in [-0.2, 0) is 0 Å². The topological polar surface area (TPSA) is 39.8 Å². The molecule has 1 aromatic carbocycles. The van der Waals surface area contributed by atoms with Crippen LogP contribution in [0, 0.1) is 0 Å². The van der Waals surface area contributed by atoms with Crippen LogP contribution in [0.15, 0.2) is 54.9 Å². The van der Waals surface area contributed by atoms with Crippen molar-refractivity contribution in [3.8, 4) is 11.5 Å². The van der Waals surface area contributed by atoms with Crippen LogP contribution in [0.2, 0.25) is 0 Å². The highest BCUT2D eigenvalue weighted by molar-refractivity contribution is 6.13. The van der Waals surface area contributed by atoms with Gasteiger partial charge in [0, 0.05) is 12.4 Å². The van der Waals surface area contributed by atoms with Gasteiger partial charge in [-0.25, -0.2) is 4.68 Å². The van der Waals surface area contributed by atoms with Gasteiger partial charge >= 0.3 is 0 Å². The summed E-state index contributed by atoms with van der Waals surface area (Å²) in [4.78, 5) is 12.1. The zero-order valence-corrected chi connectivity index (χ0v) is 9.45. The lowest BCUT2D eigenvalue weighted by atomic mass is 10.2. The van der Waals surface area contributed by atoms with Crippen LogP contribution in [0.1, 0.15) is 16.1 Å². The van der Waals surface area contributed by atoms with E-state index in [4.69, 9.17) is 0 Å². The molecule has 4 rings (SSSR count). The minimum Gasteiger partial charge on any atom is -0.296 e. The molecule has 0 bridgehead atoms.